The van der Waals surface area contributed by atoms with Gasteiger partial charge in [0.2, 0.25) is 0 Å². The van der Waals surface area contributed by atoms with Gasteiger partial charge >= 0.3 is 0 Å². The fourth-order valence-electron chi connectivity index (χ4n) is 2.18. The molecule has 0 bridgehead atoms. The van der Waals surface area contributed by atoms with E-state index in [1.807, 2.05) is 4.90 Å². The predicted molar refractivity (Wildman–Crippen MR) is 63.6 cm³/mol. The molecule has 0 atom stereocenters. The largest absolute Gasteiger partial charge is 0.393 e. The summed E-state index contributed by atoms with van der Waals surface area (Å²) in [4.78, 5) is 12.2. The first-order valence-corrected chi connectivity index (χ1v) is 5.90. The van der Waals surface area contributed by atoms with Crippen LogP contribution in [-0.4, -0.2) is 34.1 Å². The maximum absolute atomic E-state index is 13.7. The van der Waals surface area contributed by atoms with E-state index >= 15 is 0 Å². The number of rotatable bonds is 3. The Morgan fingerprint density at radius 1 is 1.44 bits per heavy atom. The van der Waals surface area contributed by atoms with E-state index in [4.69, 9.17) is 0 Å². The molecular weight excluding hydrogens is 239 g/mol. The monoisotopic (exact) mass is 254 g/mol. The summed E-state index contributed by atoms with van der Waals surface area (Å²) < 4.78 is 13.7. The highest BCUT2D eigenvalue weighted by atomic mass is 19.1. The van der Waals surface area contributed by atoms with E-state index in [0.29, 0.717) is 25.9 Å². The molecule has 2 rings (SSSR count). The molecule has 1 aliphatic rings. The van der Waals surface area contributed by atoms with Gasteiger partial charge < -0.3 is 5.11 Å². The molecule has 1 saturated heterocycles. The van der Waals surface area contributed by atoms with Gasteiger partial charge in [-0.3, -0.25) is 15.0 Å². The van der Waals surface area contributed by atoms with Gasteiger partial charge in [0.25, 0.3) is 5.69 Å². The molecule has 0 radical (unpaired) electrons. The highest BCUT2D eigenvalue weighted by Gasteiger charge is 2.23. The normalized spacial score (nSPS) is 17.9. The van der Waals surface area contributed by atoms with Gasteiger partial charge in [0, 0.05) is 25.7 Å². The average molecular weight is 254 g/mol. The number of hydrogen-bond acceptors (Lipinski definition) is 4. The Labute approximate surface area is 104 Å². The average Bonchev–Trinajstić information content (AvgIpc) is 2.34. The number of hydrogen-bond donors (Lipinski definition) is 1. The second-order valence-electron chi connectivity index (χ2n) is 4.50. The first-order chi connectivity index (χ1) is 8.58. The summed E-state index contributed by atoms with van der Waals surface area (Å²) in [6.45, 7) is 1.48. The third-order valence-electron chi connectivity index (χ3n) is 3.23. The van der Waals surface area contributed by atoms with Gasteiger partial charge in [-0.1, -0.05) is 6.07 Å². The fraction of sp³-hybridized carbons (Fsp3) is 0.500. The minimum atomic E-state index is -0.558. The molecule has 1 heterocycles. The number of piperidine rings is 1. The number of nitro benzene ring substituents is 1. The Morgan fingerprint density at radius 3 is 2.72 bits per heavy atom. The van der Waals surface area contributed by atoms with E-state index < -0.39 is 10.7 Å². The van der Waals surface area contributed by atoms with Gasteiger partial charge in [-0.2, -0.15) is 0 Å². The summed E-state index contributed by atoms with van der Waals surface area (Å²) in [5.41, 5.74) is -0.0555. The van der Waals surface area contributed by atoms with Crippen LogP contribution >= 0.6 is 0 Å². The highest BCUT2D eigenvalue weighted by Crippen LogP contribution is 2.24. The van der Waals surface area contributed by atoms with Crippen molar-refractivity contribution >= 4 is 5.69 Å². The molecule has 1 aliphatic heterocycles. The van der Waals surface area contributed by atoms with Crippen molar-refractivity contribution in [1.29, 1.82) is 0 Å². The van der Waals surface area contributed by atoms with Crippen LogP contribution in [-0.2, 0) is 6.54 Å². The molecule has 1 aromatic carbocycles. The van der Waals surface area contributed by atoms with Crippen molar-refractivity contribution in [2.45, 2.75) is 25.5 Å². The first kappa shape index (κ1) is 12.9. The lowest BCUT2D eigenvalue weighted by molar-refractivity contribution is -0.386. The number of aliphatic hydroxyl groups excluding tert-OH is 1. The quantitative estimate of drug-likeness (QED) is 0.658. The number of nitrogens with zero attached hydrogens (tertiary/aromatic N) is 2. The van der Waals surface area contributed by atoms with Crippen molar-refractivity contribution < 1.29 is 14.4 Å². The SMILES string of the molecule is O=[N+]([O-])c1cccc(F)c1CN1CCC(O)CC1. The lowest BCUT2D eigenvalue weighted by Crippen LogP contribution is -2.35. The zero-order valence-corrected chi connectivity index (χ0v) is 9.88. The van der Waals surface area contributed by atoms with Crippen LogP contribution in [0.15, 0.2) is 18.2 Å². The summed E-state index contributed by atoms with van der Waals surface area (Å²) in [5.74, 6) is -0.546. The summed E-state index contributed by atoms with van der Waals surface area (Å²) in [6, 6.07) is 3.90. The summed E-state index contributed by atoms with van der Waals surface area (Å²) in [5, 5.41) is 20.2. The number of aliphatic hydroxyl groups is 1. The lowest BCUT2D eigenvalue weighted by Gasteiger charge is -2.29. The molecule has 18 heavy (non-hydrogen) atoms. The topological polar surface area (TPSA) is 66.6 Å². The van der Waals surface area contributed by atoms with Crippen LogP contribution in [0.5, 0.6) is 0 Å². The zero-order valence-electron chi connectivity index (χ0n) is 9.88. The third kappa shape index (κ3) is 2.83. The highest BCUT2D eigenvalue weighted by molar-refractivity contribution is 5.40. The molecule has 6 heteroatoms. The van der Waals surface area contributed by atoms with Gasteiger partial charge in [0.15, 0.2) is 0 Å². The van der Waals surface area contributed by atoms with Crippen LogP contribution < -0.4 is 0 Å². The summed E-state index contributed by atoms with van der Waals surface area (Å²) in [7, 11) is 0. The number of nitro groups is 1. The van der Waals surface area contributed by atoms with Crippen molar-refractivity contribution in [3.05, 3.63) is 39.7 Å². The molecule has 0 unspecified atom stereocenters. The third-order valence-corrected chi connectivity index (χ3v) is 3.23. The van der Waals surface area contributed by atoms with Gasteiger partial charge in [-0.15, -0.1) is 0 Å². The summed E-state index contributed by atoms with van der Waals surface area (Å²) >= 11 is 0. The Morgan fingerprint density at radius 2 is 2.11 bits per heavy atom. The molecule has 0 saturated carbocycles. The smallest absolute Gasteiger partial charge is 0.276 e. The minimum absolute atomic E-state index is 0.124. The molecule has 0 spiro atoms. The minimum Gasteiger partial charge on any atom is -0.393 e. The van der Waals surface area contributed by atoms with Crippen molar-refractivity contribution in [2.75, 3.05) is 13.1 Å². The van der Waals surface area contributed by atoms with Crippen LogP contribution in [0.25, 0.3) is 0 Å². The Hall–Kier alpha value is -1.53. The van der Waals surface area contributed by atoms with E-state index in [2.05, 4.69) is 0 Å². The van der Waals surface area contributed by atoms with Gasteiger partial charge in [-0.25, -0.2) is 4.39 Å². The van der Waals surface area contributed by atoms with E-state index in [-0.39, 0.29) is 23.9 Å². The van der Waals surface area contributed by atoms with E-state index in [1.54, 1.807) is 0 Å². The Bertz CT molecular complexity index is 445. The van der Waals surface area contributed by atoms with Crippen molar-refractivity contribution in [2.24, 2.45) is 0 Å². The molecule has 5 nitrogen and oxygen atoms in total. The Kier molecular flexibility index (Phi) is 3.88. The van der Waals surface area contributed by atoms with E-state index in [1.165, 1.54) is 18.2 Å². The Balaban J connectivity index is 2.15. The molecule has 1 aromatic rings. The molecule has 1 fully saturated rings. The van der Waals surface area contributed by atoms with Crippen LogP contribution in [0.1, 0.15) is 18.4 Å². The fourth-order valence-corrected chi connectivity index (χ4v) is 2.18. The molecule has 0 aliphatic carbocycles. The van der Waals surface area contributed by atoms with Crippen molar-refractivity contribution in [3.8, 4) is 0 Å². The second-order valence-corrected chi connectivity index (χ2v) is 4.50. The number of likely N-dealkylation sites (tertiary alicyclic amines) is 1. The molecule has 98 valence electrons. The lowest BCUT2D eigenvalue weighted by atomic mass is 10.1. The number of benzene rings is 1. The standard InChI is InChI=1S/C12H15FN2O3/c13-11-2-1-3-12(15(17)18)10(11)8-14-6-4-9(16)5-7-14/h1-3,9,16H,4-8H2. The van der Waals surface area contributed by atoms with Crippen LogP contribution in [0.2, 0.25) is 0 Å². The summed E-state index contributed by atoms with van der Waals surface area (Å²) in [6.07, 6.45) is 0.946. The zero-order chi connectivity index (χ0) is 13.1. The van der Waals surface area contributed by atoms with Gasteiger partial charge in [0.1, 0.15) is 5.82 Å². The van der Waals surface area contributed by atoms with E-state index in [0.717, 1.165) is 0 Å². The van der Waals surface area contributed by atoms with Crippen LogP contribution in [0.3, 0.4) is 0 Å². The maximum atomic E-state index is 13.7. The van der Waals surface area contributed by atoms with Gasteiger partial charge in [-0.05, 0) is 18.9 Å². The van der Waals surface area contributed by atoms with Crippen molar-refractivity contribution in [1.82, 2.24) is 4.90 Å². The van der Waals surface area contributed by atoms with Gasteiger partial charge in [0.05, 0.1) is 16.6 Å². The predicted octanol–water partition coefficient (Wildman–Crippen LogP) is 1.69. The van der Waals surface area contributed by atoms with Crippen molar-refractivity contribution in [3.63, 3.8) is 0 Å². The molecule has 0 aromatic heterocycles. The number of halogens is 1. The van der Waals surface area contributed by atoms with Crippen LogP contribution in [0, 0.1) is 15.9 Å². The van der Waals surface area contributed by atoms with Crippen LogP contribution in [0.4, 0.5) is 10.1 Å². The molecule has 1 N–H and O–H groups in total. The molecule has 0 amide bonds. The maximum Gasteiger partial charge on any atom is 0.276 e. The molecular formula is C12H15FN2O3. The first-order valence-electron chi connectivity index (χ1n) is 5.90. The van der Waals surface area contributed by atoms with E-state index in [9.17, 15) is 19.6 Å². The second kappa shape index (κ2) is 5.41.